The van der Waals surface area contributed by atoms with Gasteiger partial charge < -0.3 is 0 Å². The summed E-state index contributed by atoms with van der Waals surface area (Å²) in [5.74, 6) is 0. The molecule has 0 saturated heterocycles. The van der Waals surface area contributed by atoms with E-state index in [0.29, 0.717) is 0 Å². The van der Waals surface area contributed by atoms with Gasteiger partial charge in [0.1, 0.15) is 0 Å². The fourth-order valence-electron chi connectivity index (χ4n) is 12.5. The van der Waals surface area contributed by atoms with Crippen LogP contribution < -0.4 is 0 Å². The van der Waals surface area contributed by atoms with Gasteiger partial charge in [-0.1, -0.05) is 211 Å². The lowest BCUT2D eigenvalue weighted by Crippen LogP contribution is -2.15. The molecular weight excluding hydrogens is 781 g/mol. The molecule has 0 heteroatoms. The second kappa shape index (κ2) is 13.4. The summed E-state index contributed by atoms with van der Waals surface area (Å²) in [5.41, 5.74) is 26.4. The van der Waals surface area contributed by atoms with E-state index in [1.807, 2.05) is 0 Å². The average molecular weight is 831 g/mol. The van der Waals surface area contributed by atoms with Gasteiger partial charge in [-0.15, -0.1) is 0 Å². The lowest BCUT2D eigenvalue weighted by Gasteiger charge is -2.24. The summed E-state index contributed by atoms with van der Waals surface area (Å²) in [4.78, 5) is 0. The second-order valence-corrected chi connectivity index (χ2v) is 20.4. The van der Waals surface area contributed by atoms with Crippen LogP contribution in [0.4, 0.5) is 0 Å². The number of rotatable bonds is 4. The molecule has 310 valence electrons. The molecule has 0 heterocycles. The van der Waals surface area contributed by atoms with Crippen molar-refractivity contribution in [1.82, 2.24) is 0 Å². The zero-order valence-electron chi connectivity index (χ0n) is 38.0. The summed E-state index contributed by atoms with van der Waals surface area (Å²) in [7, 11) is 0. The van der Waals surface area contributed by atoms with Crippen molar-refractivity contribution < 1.29 is 0 Å². The molecule has 0 amide bonds. The first-order chi connectivity index (χ1) is 31.5. The number of fused-ring (bicyclic) bond motifs is 11. The first-order valence-corrected chi connectivity index (χ1v) is 23.3. The molecule has 3 aliphatic carbocycles. The van der Waals surface area contributed by atoms with Gasteiger partial charge in [-0.25, -0.2) is 0 Å². The molecule has 0 unspecified atom stereocenters. The zero-order chi connectivity index (χ0) is 44.0. The lowest BCUT2D eigenvalue weighted by molar-refractivity contribution is 0.659. The van der Waals surface area contributed by atoms with E-state index in [1.54, 1.807) is 0 Å². The summed E-state index contributed by atoms with van der Waals surface area (Å²) in [6.07, 6.45) is 0. The van der Waals surface area contributed by atoms with Crippen molar-refractivity contribution >= 4 is 21.5 Å². The monoisotopic (exact) mass is 830 g/mol. The fraction of sp³-hybridized carbons (Fsp3) is 0.138. The summed E-state index contributed by atoms with van der Waals surface area (Å²) in [5, 5.41) is 5.12. The van der Waals surface area contributed by atoms with Crippen molar-refractivity contribution in [1.29, 1.82) is 0 Å². The van der Waals surface area contributed by atoms with Crippen LogP contribution in [0.1, 0.15) is 74.9 Å². The SMILES string of the molecule is CC1(C)c2ccccc2-c2ccc(-c3ccc4c(c3)C(C)(C)c3cc(-c5c6ccccc6c(-c6cccc7c6-c6ccccc6C7(C)C)c6cc(-c7ccccc7)ccc56)ccc3-4)cc21. The van der Waals surface area contributed by atoms with Gasteiger partial charge in [0.15, 0.2) is 0 Å². The molecule has 13 rings (SSSR count). The van der Waals surface area contributed by atoms with Crippen LogP contribution in [0.3, 0.4) is 0 Å². The van der Waals surface area contributed by atoms with E-state index in [2.05, 4.69) is 236 Å². The Morgan fingerprint density at radius 1 is 0.215 bits per heavy atom. The highest BCUT2D eigenvalue weighted by Gasteiger charge is 2.39. The molecule has 10 aromatic carbocycles. The van der Waals surface area contributed by atoms with E-state index < -0.39 is 0 Å². The van der Waals surface area contributed by atoms with Crippen LogP contribution in [0, 0.1) is 0 Å². The van der Waals surface area contributed by atoms with E-state index >= 15 is 0 Å². The van der Waals surface area contributed by atoms with Crippen LogP contribution in [0.2, 0.25) is 0 Å². The van der Waals surface area contributed by atoms with Crippen LogP contribution in [0.25, 0.3) is 99.4 Å². The maximum absolute atomic E-state index is 2.52. The molecule has 0 atom stereocenters. The Morgan fingerprint density at radius 3 is 1.29 bits per heavy atom. The first kappa shape index (κ1) is 38.2. The number of hydrogen-bond donors (Lipinski definition) is 0. The molecule has 0 radical (unpaired) electrons. The molecule has 0 N–H and O–H groups in total. The largest absolute Gasteiger partial charge is 0.0622 e. The zero-order valence-corrected chi connectivity index (χ0v) is 38.0. The highest BCUT2D eigenvalue weighted by molar-refractivity contribution is 6.23. The minimum absolute atomic E-state index is 0.0380. The molecule has 0 spiro atoms. The van der Waals surface area contributed by atoms with Crippen LogP contribution in [-0.4, -0.2) is 0 Å². The normalized spacial score (nSPS) is 15.3. The van der Waals surface area contributed by atoms with Crippen molar-refractivity contribution in [2.75, 3.05) is 0 Å². The molecule has 0 nitrogen and oxygen atoms in total. The Hall–Kier alpha value is -7.28. The van der Waals surface area contributed by atoms with Gasteiger partial charge in [0.2, 0.25) is 0 Å². The summed E-state index contributed by atoms with van der Waals surface area (Å²) >= 11 is 0. The van der Waals surface area contributed by atoms with Crippen molar-refractivity contribution in [3.05, 3.63) is 228 Å². The smallest absolute Gasteiger partial charge is 0.0159 e. The predicted molar refractivity (Wildman–Crippen MR) is 276 cm³/mol. The van der Waals surface area contributed by atoms with Gasteiger partial charge in [0, 0.05) is 16.2 Å². The van der Waals surface area contributed by atoms with Gasteiger partial charge in [-0.3, -0.25) is 0 Å². The highest BCUT2D eigenvalue weighted by Crippen LogP contribution is 2.57. The molecule has 3 aliphatic rings. The Morgan fingerprint density at radius 2 is 0.631 bits per heavy atom. The fourth-order valence-corrected chi connectivity index (χ4v) is 12.5. The van der Waals surface area contributed by atoms with Crippen LogP contribution in [0.5, 0.6) is 0 Å². The minimum atomic E-state index is -0.195. The van der Waals surface area contributed by atoms with Gasteiger partial charge in [-0.05, 0) is 157 Å². The van der Waals surface area contributed by atoms with Crippen LogP contribution in [-0.2, 0) is 16.2 Å². The first-order valence-electron chi connectivity index (χ1n) is 23.3. The molecule has 0 fully saturated rings. The maximum Gasteiger partial charge on any atom is 0.0159 e. The van der Waals surface area contributed by atoms with Crippen LogP contribution >= 0.6 is 0 Å². The van der Waals surface area contributed by atoms with Crippen molar-refractivity contribution in [3.63, 3.8) is 0 Å². The Kier molecular flexibility index (Phi) is 7.86. The Labute approximate surface area is 382 Å². The Balaban J connectivity index is 0.995. The molecule has 65 heavy (non-hydrogen) atoms. The van der Waals surface area contributed by atoms with Gasteiger partial charge in [0.25, 0.3) is 0 Å². The van der Waals surface area contributed by atoms with Crippen molar-refractivity contribution in [2.24, 2.45) is 0 Å². The third-order valence-electron chi connectivity index (χ3n) is 15.9. The predicted octanol–water partition coefficient (Wildman–Crippen LogP) is 17.6. The molecule has 0 bridgehead atoms. The number of benzene rings is 10. The van der Waals surface area contributed by atoms with Crippen molar-refractivity contribution in [3.8, 4) is 77.9 Å². The molecule has 0 aromatic heterocycles. The third-order valence-corrected chi connectivity index (χ3v) is 15.9. The lowest BCUT2D eigenvalue weighted by atomic mass is 9.79. The van der Waals surface area contributed by atoms with E-state index in [4.69, 9.17) is 0 Å². The standard InChI is InChI=1S/C65H50/c1-63(2)55-25-15-13-22-51(55)62-52(23-16-26-56(62)63)61-49-21-11-10-20-48(49)60(50-34-29-40(35-53(50)61)39-17-8-7-9-18-39)43-30-33-47-46-32-28-42(37-58(46)65(5,6)59(47)38-43)41-27-31-45-44-19-12-14-24-54(44)64(3,4)57(45)36-41/h7-38H,1-6H3. The quantitative estimate of drug-likeness (QED) is 0.155. The third kappa shape index (κ3) is 5.26. The highest BCUT2D eigenvalue weighted by atomic mass is 14.4. The molecule has 0 saturated carbocycles. The van der Waals surface area contributed by atoms with Crippen LogP contribution in [0.15, 0.2) is 194 Å². The topological polar surface area (TPSA) is 0 Å². The van der Waals surface area contributed by atoms with E-state index in [9.17, 15) is 0 Å². The molecule has 0 aliphatic heterocycles. The summed E-state index contributed by atoms with van der Waals surface area (Å²) in [6.45, 7) is 14.4. The minimum Gasteiger partial charge on any atom is -0.0622 e. The van der Waals surface area contributed by atoms with Gasteiger partial charge >= 0.3 is 0 Å². The van der Waals surface area contributed by atoms with Gasteiger partial charge in [-0.2, -0.15) is 0 Å². The van der Waals surface area contributed by atoms with E-state index in [-0.39, 0.29) is 16.2 Å². The summed E-state index contributed by atoms with van der Waals surface area (Å²) < 4.78 is 0. The maximum atomic E-state index is 2.52. The summed E-state index contributed by atoms with van der Waals surface area (Å²) in [6, 6.07) is 73.9. The Bertz CT molecular complexity index is 3670. The van der Waals surface area contributed by atoms with E-state index in [0.717, 1.165) is 0 Å². The number of hydrogen-bond acceptors (Lipinski definition) is 0. The second-order valence-electron chi connectivity index (χ2n) is 20.4. The molecular formula is C65H50. The van der Waals surface area contributed by atoms with Gasteiger partial charge in [0.05, 0.1) is 0 Å². The average Bonchev–Trinajstić information content (AvgIpc) is 3.82. The van der Waals surface area contributed by atoms with Crippen molar-refractivity contribution in [2.45, 2.75) is 57.8 Å². The molecule has 10 aromatic rings. The van der Waals surface area contributed by atoms with E-state index in [1.165, 1.54) is 133 Å².